The Balaban J connectivity index is 0.00000529. The van der Waals surface area contributed by atoms with Crippen LogP contribution in [0.5, 0.6) is 5.88 Å². The van der Waals surface area contributed by atoms with Crippen LogP contribution in [0.15, 0.2) is 23.3 Å². The van der Waals surface area contributed by atoms with Gasteiger partial charge in [0.25, 0.3) is 0 Å². The maximum atomic E-state index is 12.1. The number of hydrogen-bond donors (Lipinski definition) is 2. The first-order valence-corrected chi connectivity index (χ1v) is 7.59. The van der Waals surface area contributed by atoms with Crippen LogP contribution in [-0.4, -0.2) is 30.3 Å². The van der Waals surface area contributed by atoms with Crippen LogP contribution in [0.1, 0.15) is 38.2 Å². The molecule has 0 radical (unpaired) electrons. The van der Waals surface area contributed by atoms with E-state index >= 15 is 0 Å². The van der Waals surface area contributed by atoms with Crippen molar-refractivity contribution >= 4 is 29.9 Å². The summed E-state index contributed by atoms with van der Waals surface area (Å²) in [7, 11) is 0. The lowest BCUT2D eigenvalue weighted by Crippen LogP contribution is -2.32. The second-order valence-electron chi connectivity index (χ2n) is 5.10. The predicted octanol–water partition coefficient (Wildman–Crippen LogP) is 3.63. The van der Waals surface area contributed by atoms with Crippen LogP contribution >= 0.6 is 24.0 Å². The molecule has 0 bridgehead atoms. The molecule has 1 aromatic heterocycles. The van der Waals surface area contributed by atoms with E-state index in [4.69, 9.17) is 5.73 Å². The molecule has 3 N–H and O–H groups in total. The van der Waals surface area contributed by atoms with E-state index in [2.05, 4.69) is 27.0 Å². The molecule has 0 amide bonds. The molecular formula is C15H24F3IN4O. The Hall–Kier alpha value is -1.26. The van der Waals surface area contributed by atoms with Gasteiger partial charge in [0.2, 0.25) is 5.88 Å². The van der Waals surface area contributed by atoms with Crippen LogP contribution in [0.4, 0.5) is 13.2 Å². The highest BCUT2D eigenvalue weighted by molar-refractivity contribution is 14.0. The molecule has 0 atom stereocenters. The van der Waals surface area contributed by atoms with Crippen molar-refractivity contribution in [1.29, 1.82) is 0 Å². The number of ether oxygens (including phenoxy) is 1. The first-order chi connectivity index (χ1) is 10.9. The summed E-state index contributed by atoms with van der Waals surface area (Å²) in [6.45, 7) is 1.78. The molecule has 1 rings (SSSR count). The molecule has 0 aromatic carbocycles. The van der Waals surface area contributed by atoms with Gasteiger partial charge in [0.05, 0.1) is 6.54 Å². The van der Waals surface area contributed by atoms with Gasteiger partial charge in [-0.05, 0) is 18.1 Å². The number of unbranched alkanes of at least 4 members (excludes halogenated alkanes) is 3. The average molecular weight is 460 g/mol. The van der Waals surface area contributed by atoms with E-state index < -0.39 is 12.8 Å². The van der Waals surface area contributed by atoms with E-state index in [0.29, 0.717) is 11.5 Å². The Bertz CT molecular complexity index is 498. The number of hydrogen-bond acceptors (Lipinski definition) is 3. The highest BCUT2D eigenvalue weighted by atomic mass is 127. The summed E-state index contributed by atoms with van der Waals surface area (Å²) >= 11 is 0. The number of rotatable bonds is 9. The first-order valence-electron chi connectivity index (χ1n) is 7.59. The van der Waals surface area contributed by atoms with Crippen LogP contribution in [0.2, 0.25) is 0 Å². The summed E-state index contributed by atoms with van der Waals surface area (Å²) in [5, 5.41) is 3.00. The van der Waals surface area contributed by atoms with Crippen LogP contribution in [0.3, 0.4) is 0 Å². The standard InChI is InChI=1S/C15H23F3N4O.HI/c1-2-3-4-5-7-21-14(19)22-10-12-6-8-20-13(9-12)23-11-15(16,17)18;/h6,8-9H,2-5,7,10-11H2,1H3,(H3,19,21,22);1H. The van der Waals surface area contributed by atoms with Crippen molar-refractivity contribution in [3.05, 3.63) is 23.9 Å². The minimum Gasteiger partial charge on any atom is -0.468 e. The number of nitrogens with one attached hydrogen (secondary N) is 1. The number of pyridine rings is 1. The van der Waals surface area contributed by atoms with Gasteiger partial charge < -0.3 is 15.8 Å². The van der Waals surface area contributed by atoms with Gasteiger partial charge in [-0.25, -0.2) is 9.98 Å². The Kier molecular flexibility index (Phi) is 11.5. The summed E-state index contributed by atoms with van der Waals surface area (Å²) in [6, 6.07) is 3.07. The number of guanidine groups is 1. The van der Waals surface area contributed by atoms with E-state index in [1.54, 1.807) is 6.07 Å². The molecule has 0 aliphatic carbocycles. The van der Waals surface area contributed by atoms with E-state index in [-0.39, 0.29) is 36.4 Å². The Morgan fingerprint density at radius 3 is 2.75 bits per heavy atom. The monoisotopic (exact) mass is 460 g/mol. The SMILES string of the molecule is CCCCCCNC(N)=NCc1ccnc(OCC(F)(F)F)c1.I. The maximum absolute atomic E-state index is 12.1. The van der Waals surface area contributed by atoms with Crippen LogP contribution < -0.4 is 15.8 Å². The van der Waals surface area contributed by atoms with Crippen molar-refractivity contribution in [2.24, 2.45) is 10.7 Å². The van der Waals surface area contributed by atoms with Gasteiger partial charge >= 0.3 is 6.18 Å². The molecule has 24 heavy (non-hydrogen) atoms. The summed E-state index contributed by atoms with van der Waals surface area (Å²) < 4.78 is 40.9. The second kappa shape index (κ2) is 12.2. The minimum absolute atomic E-state index is 0. The number of aliphatic imine (C=N–C) groups is 1. The molecule has 0 aliphatic rings. The van der Waals surface area contributed by atoms with Crippen LogP contribution in [0.25, 0.3) is 0 Å². The zero-order valence-corrected chi connectivity index (χ0v) is 15.9. The molecule has 9 heteroatoms. The lowest BCUT2D eigenvalue weighted by molar-refractivity contribution is -0.154. The Morgan fingerprint density at radius 1 is 1.33 bits per heavy atom. The second-order valence-corrected chi connectivity index (χ2v) is 5.10. The van der Waals surface area contributed by atoms with Gasteiger partial charge in [0.1, 0.15) is 0 Å². The topological polar surface area (TPSA) is 72.5 Å². The fraction of sp³-hybridized carbons (Fsp3) is 0.600. The van der Waals surface area contributed by atoms with Crippen molar-refractivity contribution in [1.82, 2.24) is 10.3 Å². The highest BCUT2D eigenvalue weighted by Crippen LogP contribution is 2.17. The quantitative estimate of drug-likeness (QED) is 0.256. The van der Waals surface area contributed by atoms with E-state index in [9.17, 15) is 13.2 Å². The third kappa shape index (κ3) is 11.3. The van der Waals surface area contributed by atoms with Gasteiger partial charge in [-0.15, -0.1) is 24.0 Å². The summed E-state index contributed by atoms with van der Waals surface area (Å²) in [4.78, 5) is 7.87. The third-order valence-corrected chi connectivity index (χ3v) is 2.95. The number of aromatic nitrogens is 1. The summed E-state index contributed by atoms with van der Waals surface area (Å²) in [5.74, 6) is 0.234. The molecule has 5 nitrogen and oxygen atoms in total. The Morgan fingerprint density at radius 2 is 2.08 bits per heavy atom. The van der Waals surface area contributed by atoms with E-state index in [1.807, 2.05) is 0 Å². The molecular weight excluding hydrogens is 436 g/mol. The third-order valence-electron chi connectivity index (χ3n) is 2.95. The van der Waals surface area contributed by atoms with Crippen molar-refractivity contribution in [3.63, 3.8) is 0 Å². The molecule has 138 valence electrons. The molecule has 0 saturated heterocycles. The average Bonchev–Trinajstić information content (AvgIpc) is 2.50. The molecule has 0 aliphatic heterocycles. The number of nitrogens with two attached hydrogens (primary N) is 1. The fourth-order valence-electron chi connectivity index (χ4n) is 1.78. The molecule has 0 spiro atoms. The molecule has 1 aromatic rings. The van der Waals surface area contributed by atoms with Gasteiger partial charge in [0, 0.05) is 18.8 Å². The molecule has 0 saturated carbocycles. The highest BCUT2D eigenvalue weighted by Gasteiger charge is 2.28. The normalized spacial score (nSPS) is 11.8. The molecule has 0 fully saturated rings. The zero-order valence-electron chi connectivity index (χ0n) is 13.6. The van der Waals surface area contributed by atoms with Crippen molar-refractivity contribution < 1.29 is 17.9 Å². The van der Waals surface area contributed by atoms with Crippen molar-refractivity contribution in [2.45, 2.75) is 45.3 Å². The summed E-state index contributed by atoms with van der Waals surface area (Å²) in [5.41, 5.74) is 6.41. The van der Waals surface area contributed by atoms with Gasteiger partial charge in [-0.1, -0.05) is 26.2 Å². The first kappa shape index (κ1) is 22.7. The number of nitrogens with zero attached hydrogens (tertiary/aromatic N) is 2. The van der Waals surface area contributed by atoms with E-state index in [0.717, 1.165) is 19.4 Å². The number of alkyl halides is 3. The van der Waals surface area contributed by atoms with Gasteiger partial charge in [-0.3, -0.25) is 0 Å². The summed E-state index contributed by atoms with van der Waals surface area (Å²) in [6.07, 6.45) is 1.52. The lowest BCUT2D eigenvalue weighted by atomic mass is 10.2. The van der Waals surface area contributed by atoms with E-state index in [1.165, 1.54) is 25.1 Å². The smallest absolute Gasteiger partial charge is 0.422 e. The van der Waals surface area contributed by atoms with Gasteiger partial charge in [-0.2, -0.15) is 13.2 Å². The predicted molar refractivity (Wildman–Crippen MR) is 98.7 cm³/mol. The zero-order chi connectivity index (χ0) is 17.1. The minimum atomic E-state index is -4.39. The molecule has 1 heterocycles. The fourth-order valence-corrected chi connectivity index (χ4v) is 1.78. The van der Waals surface area contributed by atoms with Crippen molar-refractivity contribution in [3.8, 4) is 5.88 Å². The lowest BCUT2D eigenvalue weighted by Gasteiger charge is -2.09. The van der Waals surface area contributed by atoms with Crippen LogP contribution in [-0.2, 0) is 6.54 Å². The maximum Gasteiger partial charge on any atom is 0.422 e. The van der Waals surface area contributed by atoms with Crippen LogP contribution in [0, 0.1) is 0 Å². The van der Waals surface area contributed by atoms with Crippen molar-refractivity contribution in [2.75, 3.05) is 13.2 Å². The largest absolute Gasteiger partial charge is 0.468 e. The molecule has 0 unspecified atom stereocenters. The number of halogens is 4. The van der Waals surface area contributed by atoms with Gasteiger partial charge in [0.15, 0.2) is 12.6 Å². The Labute approximate surface area is 157 Å².